The number of benzene rings is 1. The second-order valence-corrected chi connectivity index (χ2v) is 6.36. The van der Waals surface area contributed by atoms with E-state index in [-0.39, 0.29) is 0 Å². The lowest BCUT2D eigenvalue weighted by Gasteiger charge is -2.13. The van der Waals surface area contributed by atoms with Crippen molar-refractivity contribution < 1.29 is 0 Å². The summed E-state index contributed by atoms with van der Waals surface area (Å²) in [5, 5.41) is 1.42. The molecule has 0 saturated heterocycles. The van der Waals surface area contributed by atoms with Gasteiger partial charge in [0.05, 0.1) is 5.02 Å². The van der Waals surface area contributed by atoms with E-state index in [1.165, 1.54) is 10.5 Å². The van der Waals surface area contributed by atoms with E-state index in [0.717, 1.165) is 18.0 Å². The van der Waals surface area contributed by atoms with Crippen molar-refractivity contribution in [1.82, 2.24) is 0 Å². The second-order valence-electron chi connectivity index (χ2n) is 4.33. The summed E-state index contributed by atoms with van der Waals surface area (Å²) in [4.78, 5) is 1.17. The summed E-state index contributed by atoms with van der Waals surface area (Å²) < 4.78 is 0. The summed E-state index contributed by atoms with van der Waals surface area (Å²) in [6, 6.07) is 6.36. The zero-order valence-corrected chi connectivity index (χ0v) is 11.7. The smallest absolute Gasteiger partial charge is 0.0544 e. The third kappa shape index (κ3) is 4.00. The van der Waals surface area contributed by atoms with Crippen molar-refractivity contribution in [1.29, 1.82) is 0 Å². The first kappa shape index (κ1) is 13.9. The summed E-state index contributed by atoms with van der Waals surface area (Å²) in [6.07, 6.45) is 1.01. The Morgan fingerprint density at radius 3 is 2.50 bits per heavy atom. The molecule has 1 unspecified atom stereocenters. The maximum Gasteiger partial charge on any atom is 0.0544 e. The van der Waals surface area contributed by atoms with Gasteiger partial charge in [0.15, 0.2) is 0 Å². The van der Waals surface area contributed by atoms with E-state index in [1.54, 1.807) is 11.8 Å². The van der Waals surface area contributed by atoms with Crippen LogP contribution in [0, 0.1) is 0 Å². The van der Waals surface area contributed by atoms with Crippen LogP contribution in [0.4, 0.5) is 0 Å². The maximum atomic E-state index is 6.27. The van der Waals surface area contributed by atoms with Gasteiger partial charge in [-0.05, 0) is 36.6 Å². The Labute approximate surface area is 108 Å². The fourth-order valence-corrected chi connectivity index (χ4v) is 2.74. The number of nitrogens with two attached hydrogens (primary N) is 1. The van der Waals surface area contributed by atoms with Crippen LogP contribution in [0.25, 0.3) is 0 Å². The Morgan fingerprint density at radius 1 is 1.31 bits per heavy atom. The average Bonchev–Trinajstić information content (AvgIpc) is 2.20. The molecule has 0 aliphatic rings. The quantitative estimate of drug-likeness (QED) is 0.797. The van der Waals surface area contributed by atoms with Gasteiger partial charge in [-0.3, -0.25) is 0 Å². The topological polar surface area (TPSA) is 26.0 Å². The van der Waals surface area contributed by atoms with Gasteiger partial charge in [-0.25, -0.2) is 0 Å². The number of hydrogen-bond acceptors (Lipinski definition) is 2. The van der Waals surface area contributed by atoms with Gasteiger partial charge in [0.2, 0.25) is 0 Å². The molecule has 16 heavy (non-hydrogen) atoms. The highest BCUT2D eigenvalue weighted by Gasteiger charge is 2.09. The largest absolute Gasteiger partial charge is 0.330 e. The fourth-order valence-electron chi connectivity index (χ4n) is 1.59. The lowest BCUT2D eigenvalue weighted by atomic mass is 9.98. The lowest BCUT2D eigenvalue weighted by molar-refractivity contribution is 0.689. The molecule has 1 aromatic rings. The van der Waals surface area contributed by atoms with E-state index in [1.807, 2.05) is 0 Å². The average molecular weight is 258 g/mol. The SMILES string of the molecule is CC(C)Sc1ccc(C(C)CCN)cc1Cl. The standard InChI is InChI=1S/C13H20ClNS/c1-9(2)16-13-5-4-11(8-12(13)14)10(3)6-7-15/h4-5,8-10H,6-7,15H2,1-3H3. The van der Waals surface area contributed by atoms with Crippen LogP contribution in [0.5, 0.6) is 0 Å². The fraction of sp³-hybridized carbons (Fsp3) is 0.538. The van der Waals surface area contributed by atoms with Gasteiger partial charge >= 0.3 is 0 Å². The van der Waals surface area contributed by atoms with Crippen LogP contribution >= 0.6 is 23.4 Å². The maximum absolute atomic E-state index is 6.27. The molecule has 1 aromatic carbocycles. The van der Waals surface area contributed by atoms with Crippen LogP contribution in [0.2, 0.25) is 5.02 Å². The van der Waals surface area contributed by atoms with Crippen molar-refractivity contribution in [3.8, 4) is 0 Å². The molecule has 0 saturated carbocycles. The molecular weight excluding hydrogens is 238 g/mol. The summed E-state index contributed by atoms with van der Waals surface area (Å²) in [5.41, 5.74) is 6.84. The van der Waals surface area contributed by atoms with Crippen LogP contribution < -0.4 is 5.73 Å². The summed E-state index contributed by atoms with van der Waals surface area (Å²) >= 11 is 8.07. The molecule has 1 rings (SSSR count). The zero-order chi connectivity index (χ0) is 12.1. The van der Waals surface area contributed by atoms with Crippen molar-refractivity contribution in [3.05, 3.63) is 28.8 Å². The molecule has 1 nitrogen and oxygen atoms in total. The second kappa shape index (κ2) is 6.53. The molecule has 3 heteroatoms. The van der Waals surface area contributed by atoms with Crippen LogP contribution in [0.1, 0.15) is 38.7 Å². The molecule has 0 aromatic heterocycles. The number of rotatable bonds is 5. The molecule has 0 amide bonds. The minimum absolute atomic E-state index is 0.487. The highest BCUT2D eigenvalue weighted by Crippen LogP contribution is 2.33. The third-order valence-corrected chi connectivity index (χ3v) is 3.99. The molecule has 0 bridgehead atoms. The van der Waals surface area contributed by atoms with E-state index in [9.17, 15) is 0 Å². The monoisotopic (exact) mass is 257 g/mol. The predicted octanol–water partition coefficient (Wildman–Crippen LogP) is 4.29. The van der Waals surface area contributed by atoms with Crippen LogP contribution in [0.3, 0.4) is 0 Å². The molecule has 0 aliphatic heterocycles. The van der Waals surface area contributed by atoms with Crippen LogP contribution in [-0.2, 0) is 0 Å². The van der Waals surface area contributed by atoms with Crippen molar-refractivity contribution in [2.24, 2.45) is 5.73 Å². The number of thioether (sulfide) groups is 1. The number of hydrogen-bond donors (Lipinski definition) is 1. The van der Waals surface area contributed by atoms with E-state index < -0.39 is 0 Å². The zero-order valence-electron chi connectivity index (χ0n) is 10.2. The van der Waals surface area contributed by atoms with Gasteiger partial charge in [0, 0.05) is 10.1 Å². The molecule has 0 radical (unpaired) electrons. The van der Waals surface area contributed by atoms with Crippen molar-refractivity contribution in [2.75, 3.05) is 6.54 Å². The molecule has 2 N–H and O–H groups in total. The van der Waals surface area contributed by atoms with Gasteiger partial charge in [0.25, 0.3) is 0 Å². The first-order valence-corrected chi connectivity index (χ1v) is 6.96. The highest BCUT2D eigenvalue weighted by atomic mass is 35.5. The number of halogens is 1. The van der Waals surface area contributed by atoms with E-state index in [0.29, 0.717) is 11.2 Å². The van der Waals surface area contributed by atoms with Crippen LogP contribution in [-0.4, -0.2) is 11.8 Å². The first-order valence-electron chi connectivity index (χ1n) is 5.70. The van der Waals surface area contributed by atoms with E-state index in [4.69, 9.17) is 17.3 Å². The van der Waals surface area contributed by atoms with Crippen molar-refractivity contribution >= 4 is 23.4 Å². The summed E-state index contributed by atoms with van der Waals surface area (Å²) in [6.45, 7) is 7.26. The van der Waals surface area contributed by atoms with Gasteiger partial charge < -0.3 is 5.73 Å². The lowest BCUT2D eigenvalue weighted by Crippen LogP contribution is -2.04. The summed E-state index contributed by atoms with van der Waals surface area (Å²) in [7, 11) is 0. The minimum Gasteiger partial charge on any atom is -0.330 e. The van der Waals surface area contributed by atoms with Gasteiger partial charge in [-0.1, -0.05) is 38.4 Å². The van der Waals surface area contributed by atoms with Gasteiger partial charge in [-0.2, -0.15) is 0 Å². The van der Waals surface area contributed by atoms with Crippen molar-refractivity contribution in [3.63, 3.8) is 0 Å². The molecule has 0 heterocycles. The molecule has 0 spiro atoms. The molecule has 0 aliphatic carbocycles. The van der Waals surface area contributed by atoms with Gasteiger partial charge in [0.1, 0.15) is 0 Å². The van der Waals surface area contributed by atoms with E-state index >= 15 is 0 Å². The molecule has 0 fully saturated rings. The molecule has 90 valence electrons. The Bertz CT molecular complexity index is 339. The van der Waals surface area contributed by atoms with Gasteiger partial charge in [-0.15, -0.1) is 11.8 Å². The predicted molar refractivity (Wildman–Crippen MR) is 74.5 cm³/mol. The summed E-state index contributed by atoms with van der Waals surface area (Å²) in [5.74, 6) is 0.487. The van der Waals surface area contributed by atoms with E-state index in [2.05, 4.69) is 39.0 Å². The Morgan fingerprint density at radius 2 is 2.00 bits per heavy atom. The highest BCUT2D eigenvalue weighted by molar-refractivity contribution is 8.00. The Kier molecular flexibility index (Phi) is 5.67. The molecular formula is C13H20ClNS. The Hall–Kier alpha value is -0.180. The van der Waals surface area contributed by atoms with Crippen LogP contribution in [0.15, 0.2) is 23.1 Å². The third-order valence-electron chi connectivity index (χ3n) is 2.49. The van der Waals surface area contributed by atoms with Crippen molar-refractivity contribution in [2.45, 2.75) is 43.3 Å². The Balaban J connectivity index is 2.82. The minimum atomic E-state index is 0.487. The normalized spacial score (nSPS) is 13.1. The first-order chi connectivity index (χ1) is 7.54. The molecule has 1 atom stereocenters.